The number of carbonyl (C=O) groups is 1. The van der Waals surface area contributed by atoms with E-state index in [1.165, 1.54) is 0 Å². The van der Waals surface area contributed by atoms with Gasteiger partial charge in [-0.25, -0.2) is 0 Å². The minimum Gasteiger partial charge on any atom is -0.353 e. The second kappa shape index (κ2) is 12.1. The van der Waals surface area contributed by atoms with Crippen molar-refractivity contribution in [2.24, 2.45) is 0 Å². The molecule has 0 unspecified atom stereocenters. The predicted octanol–water partition coefficient (Wildman–Crippen LogP) is 2.42. The number of piperidine rings is 1. The molecule has 2 rings (SSSR count). The summed E-state index contributed by atoms with van der Waals surface area (Å²) in [6, 6.07) is 6.30. The number of carbonyl (C=O) groups excluding carboxylic acids is 1. The fourth-order valence-electron chi connectivity index (χ4n) is 2.09. The van der Waals surface area contributed by atoms with E-state index in [2.05, 4.69) is 15.6 Å². The van der Waals surface area contributed by atoms with Crippen molar-refractivity contribution in [2.75, 3.05) is 18.8 Å². The average Bonchev–Trinajstić information content (AvgIpc) is 2.46. The number of nitrogens with zero attached hydrogens (tertiary/aromatic N) is 1. The lowest BCUT2D eigenvalue weighted by atomic mass is 10.1. The number of amides is 1. The third-order valence-electron chi connectivity index (χ3n) is 3.15. The van der Waals surface area contributed by atoms with Gasteiger partial charge in [0, 0.05) is 30.2 Å². The summed E-state index contributed by atoms with van der Waals surface area (Å²) in [6.45, 7) is 2.03. The maximum Gasteiger partial charge on any atom is 0.221 e. The Hall–Kier alpha value is -0.490. The van der Waals surface area contributed by atoms with Crippen molar-refractivity contribution in [1.29, 1.82) is 0 Å². The second-order valence-electron chi connectivity index (χ2n) is 4.72. The molecule has 0 aliphatic carbocycles. The molecule has 0 aromatic carbocycles. The lowest BCUT2D eigenvalue weighted by Gasteiger charge is -2.23. The maximum absolute atomic E-state index is 11.8. The number of hydrogen-bond acceptors (Lipinski definition) is 4. The van der Waals surface area contributed by atoms with Crippen LogP contribution in [0.15, 0.2) is 24.4 Å². The Bertz CT molecular complexity index is 389. The highest BCUT2D eigenvalue weighted by molar-refractivity contribution is 7.98. The van der Waals surface area contributed by atoms with Crippen LogP contribution in [0, 0.1) is 0 Å². The average molecular weight is 352 g/mol. The molecule has 0 saturated carbocycles. The minimum atomic E-state index is 0. The van der Waals surface area contributed by atoms with Crippen LogP contribution in [-0.2, 0) is 10.5 Å². The normalized spacial score (nSPS) is 14.7. The number of nitrogens with one attached hydrogen (secondary N) is 2. The lowest BCUT2D eigenvalue weighted by Crippen LogP contribution is -2.42. The van der Waals surface area contributed by atoms with E-state index >= 15 is 0 Å². The van der Waals surface area contributed by atoms with Crippen LogP contribution >= 0.6 is 36.6 Å². The van der Waals surface area contributed by atoms with Gasteiger partial charge in [0.2, 0.25) is 5.91 Å². The molecule has 0 atom stereocenters. The molecule has 0 radical (unpaired) electrons. The Labute approximate surface area is 143 Å². The van der Waals surface area contributed by atoms with Crippen molar-refractivity contribution in [1.82, 2.24) is 15.6 Å². The highest BCUT2D eigenvalue weighted by Crippen LogP contribution is 2.11. The number of rotatable bonds is 6. The Morgan fingerprint density at radius 1 is 1.33 bits per heavy atom. The van der Waals surface area contributed by atoms with Gasteiger partial charge < -0.3 is 10.6 Å². The third-order valence-corrected chi connectivity index (χ3v) is 4.15. The highest BCUT2D eigenvalue weighted by Gasteiger charge is 2.14. The summed E-state index contributed by atoms with van der Waals surface area (Å²) >= 11 is 1.76. The van der Waals surface area contributed by atoms with Gasteiger partial charge in [-0.15, -0.1) is 24.8 Å². The van der Waals surface area contributed by atoms with Gasteiger partial charge in [0.1, 0.15) is 0 Å². The van der Waals surface area contributed by atoms with Crippen LogP contribution in [0.3, 0.4) is 0 Å². The van der Waals surface area contributed by atoms with Crippen molar-refractivity contribution >= 4 is 42.5 Å². The zero-order valence-corrected chi connectivity index (χ0v) is 14.4. The molecule has 2 heterocycles. The quantitative estimate of drug-likeness (QED) is 0.772. The van der Waals surface area contributed by atoms with Crippen LogP contribution in [0.2, 0.25) is 0 Å². The first-order valence-electron chi connectivity index (χ1n) is 6.82. The molecular weight excluding hydrogens is 329 g/mol. The molecule has 7 heteroatoms. The van der Waals surface area contributed by atoms with Crippen LogP contribution in [0.4, 0.5) is 0 Å². The zero-order valence-electron chi connectivity index (χ0n) is 11.9. The fourth-order valence-corrected chi connectivity index (χ4v) is 2.95. The predicted molar refractivity (Wildman–Crippen MR) is 93.5 cm³/mol. The van der Waals surface area contributed by atoms with Crippen molar-refractivity contribution in [3.63, 3.8) is 0 Å². The van der Waals surface area contributed by atoms with Gasteiger partial charge in [0.25, 0.3) is 0 Å². The van der Waals surface area contributed by atoms with Crippen LogP contribution in [0.1, 0.15) is 25.0 Å². The van der Waals surface area contributed by atoms with Crippen molar-refractivity contribution < 1.29 is 4.79 Å². The molecule has 120 valence electrons. The van der Waals surface area contributed by atoms with Crippen molar-refractivity contribution in [2.45, 2.75) is 31.1 Å². The molecule has 1 aromatic heterocycles. The second-order valence-corrected chi connectivity index (χ2v) is 5.82. The standard InChI is InChI=1S/C14H21N3OS.2ClH/c18-14(17-12-4-8-15-9-5-12)6-10-19-11-13-3-1-2-7-16-13;;/h1-3,7,12,15H,4-6,8-11H2,(H,17,18);2*1H. The first-order chi connectivity index (χ1) is 9.34. The first-order valence-corrected chi connectivity index (χ1v) is 7.98. The third kappa shape index (κ3) is 8.51. The summed E-state index contributed by atoms with van der Waals surface area (Å²) in [5, 5.41) is 6.41. The molecule has 0 spiro atoms. The van der Waals surface area contributed by atoms with Gasteiger partial charge in [-0.2, -0.15) is 11.8 Å². The molecule has 4 nitrogen and oxygen atoms in total. The molecule has 1 saturated heterocycles. The van der Waals surface area contributed by atoms with E-state index < -0.39 is 0 Å². The minimum absolute atomic E-state index is 0. The van der Waals surface area contributed by atoms with Gasteiger partial charge in [0.15, 0.2) is 0 Å². The van der Waals surface area contributed by atoms with E-state index in [9.17, 15) is 4.79 Å². The summed E-state index contributed by atoms with van der Waals surface area (Å²) in [5.74, 6) is 1.91. The van der Waals surface area contributed by atoms with Gasteiger partial charge in [-0.3, -0.25) is 9.78 Å². The summed E-state index contributed by atoms with van der Waals surface area (Å²) in [6.07, 6.45) is 4.50. The smallest absolute Gasteiger partial charge is 0.221 e. The fraction of sp³-hybridized carbons (Fsp3) is 0.571. The SMILES string of the molecule is Cl.Cl.O=C(CCSCc1ccccn1)NC1CCNCC1. The van der Waals surface area contributed by atoms with Gasteiger partial charge in [-0.1, -0.05) is 6.07 Å². The Morgan fingerprint density at radius 2 is 2.10 bits per heavy atom. The topological polar surface area (TPSA) is 54.0 Å². The molecule has 1 aliphatic rings. The van der Waals surface area contributed by atoms with E-state index in [-0.39, 0.29) is 30.7 Å². The van der Waals surface area contributed by atoms with Crippen LogP contribution in [-0.4, -0.2) is 35.8 Å². The number of thioether (sulfide) groups is 1. The monoisotopic (exact) mass is 351 g/mol. The number of hydrogen-bond donors (Lipinski definition) is 2. The van der Waals surface area contributed by atoms with E-state index in [0.717, 1.165) is 43.1 Å². The van der Waals surface area contributed by atoms with E-state index in [1.54, 1.807) is 18.0 Å². The molecule has 2 N–H and O–H groups in total. The Balaban J connectivity index is 0.00000200. The molecule has 1 fully saturated rings. The maximum atomic E-state index is 11.8. The molecular formula is C14H23Cl2N3OS. The Kier molecular flexibility index (Phi) is 11.8. The number of halogens is 2. The molecule has 0 bridgehead atoms. The molecule has 1 amide bonds. The highest BCUT2D eigenvalue weighted by atomic mass is 35.5. The van der Waals surface area contributed by atoms with Gasteiger partial charge in [-0.05, 0) is 38.1 Å². The number of pyridine rings is 1. The van der Waals surface area contributed by atoms with E-state index in [1.807, 2.05) is 18.2 Å². The van der Waals surface area contributed by atoms with Crippen molar-refractivity contribution in [3.05, 3.63) is 30.1 Å². The first kappa shape index (κ1) is 20.5. The van der Waals surface area contributed by atoms with Gasteiger partial charge >= 0.3 is 0 Å². The van der Waals surface area contributed by atoms with Crippen molar-refractivity contribution in [3.8, 4) is 0 Å². The summed E-state index contributed by atoms with van der Waals surface area (Å²) in [5.41, 5.74) is 1.08. The van der Waals surface area contributed by atoms with E-state index in [0.29, 0.717) is 12.5 Å². The van der Waals surface area contributed by atoms with Gasteiger partial charge in [0.05, 0.1) is 5.69 Å². The zero-order chi connectivity index (χ0) is 13.3. The lowest BCUT2D eigenvalue weighted by molar-refractivity contribution is -0.121. The van der Waals surface area contributed by atoms with Crippen LogP contribution in [0.25, 0.3) is 0 Å². The molecule has 1 aliphatic heterocycles. The summed E-state index contributed by atoms with van der Waals surface area (Å²) in [7, 11) is 0. The van der Waals surface area contributed by atoms with E-state index in [4.69, 9.17) is 0 Å². The largest absolute Gasteiger partial charge is 0.353 e. The van der Waals surface area contributed by atoms with Crippen LogP contribution in [0.5, 0.6) is 0 Å². The Morgan fingerprint density at radius 3 is 2.76 bits per heavy atom. The summed E-state index contributed by atoms with van der Waals surface area (Å²) in [4.78, 5) is 16.0. The molecule has 1 aromatic rings. The van der Waals surface area contributed by atoms with Crippen LogP contribution < -0.4 is 10.6 Å². The summed E-state index contributed by atoms with van der Waals surface area (Å²) < 4.78 is 0. The molecule has 21 heavy (non-hydrogen) atoms. The number of aromatic nitrogens is 1.